The number of aromatic nitrogens is 1. The maximum absolute atomic E-state index is 13.8. The van der Waals surface area contributed by atoms with Gasteiger partial charge in [-0.05, 0) is 38.7 Å². The van der Waals surface area contributed by atoms with E-state index >= 15 is 0 Å². The zero-order chi connectivity index (χ0) is 23.4. The standard InChI is InChI=1S/C22H33FN4O5S/c1-3-31-21(28)22-9-6-18(15-25(16-22)12-13-30-2)27(22)33(29)26-10-7-19(8-11-26)32-20-5-4-17(23)14-24-20/h4-5,14,18-19H,3,6-13,15-16H2,1-2H3. The largest absolute Gasteiger partial charge is 0.474 e. The van der Waals surface area contributed by atoms with Crippen LogP contribution in [-0.4, -0.2) is 99.4 Å². The lowest BCUT2D eigenvalue weighted by molar-refractivity contribution is -0.157. The number of ether oxygens (including phenoxy) is 3. The van der Waals surface area contributed by atoms with Gasteiger partial charge >= 0.3 is 5.97 Å². The van der Waals surface area contributed by atoms with Crippen molar-refractivity contribution in [3.05, 3.63) is 24.1 Å². The molecule has 3 fully saturated rings. The second kappa shape index (κ2) is 10.7. The highest BCUT2D eigenvalue weighted by atomic mass is 32.2. The Morgan fingerprint density at radius 3 is 2.76 bits per heavy atom. The van der Waals surface area contributed by atoms with Crippen molar-refractivity contribution in [3.8, 4) is 5.88 Å². The lowest BCUT2D eigenvalue weighted by Crippen LogP contribution is -2.67. The number of fused-ring (bicyclic) bond motifs is 2. The highest BCUT2D eigenvalue weighted by Gasteiger charge is 2.60. The summed E-state index contributed by atoms with van der Waals surface area (Å²) < 4.78 is 47.2. The minimum Gasteiger partial charge on any atom is -0.474 e. The number of hydrogen-bond acceptors (Lipinski definition) is 7. The fourth-order valence-corrected chi connectivity index (χ4v) is 6.77. The van der Waals surface area contributed by atoms with Gasteiger partial charge in [0.2, 0.25) is 5.88 Å². The Labute approximate surface area is 196 Å². The number of nitrogens with zero attached hydrogens (tertiary/aromatic N) is 4. The maximum Gasteiger partial charge on any atom is 0.328 e. The Hall–Kier alpha value is -1.66. The topological polar surface area (TPSA) is 84.4 Å². The molecule has 4 heterocycles. The van der Waals surface area contributed by atoms with Crippen molar-refractivity contribution in [2.24, 2.45) is 0 Å². The monoisotopic (exact) mass is 484 g/mol. The van der Waals surface area contributed by atoms with Gasteiger partial charge in [0.25, 0.3) is 0 Å². The van der Waals surface area contributed by atoms with E-state index in [1.165, 1.54) is 12.1 Å². The van der Waals surface area contributed by atoms with Crippen LogP contribution in [0.2, 0.25) is 0 Å². The molecule has 0 aromatic carbocycles. The molecule has 1 aromatic rings. The van der Waals surface area contributed by atoms with Crippen molar-refractivity contribution in [2.45, 2.75) is 50.3 Å². The molecule has 1 aromatic heterocycles. The molecule has 0 amide bonds. The molecule has 0 radical (unpaired) electrons. The molecule has 184 valence electrons. The Morgan fingerprint density at radius 2 is 2.09 bits per heavy atom. The third-order valence-corrected chi connectivity index (χ3v) is 8.43. The summed E-state index contributed by atoms with van der Waals surface area (Å²) in [5, 5.41) is 0. The summed E-state index contributed by atoms with van der Waals surface area (Å²) in [6.45, 7) is 5.82. The molecule has 0 spiro atoms. The van der Waals surface area contributed by atoms with Gasteiger partial charge in [-0.15, -0.1) is 0 Å². The third-order valence-electron chi connectivity index (χ3n) is 6.64. The molecule has 0 saturated carbocycles. The van der Waals surface area contributed by atoms with Crippen LogP contribution in [0.25, 0.3) is 0 Å². The molecule has 9 nitrogen and oxygen atoms in total. The Kier molecular flexibility index (Phi) is 7.95. The molecule has 33 heavy (non-hydrogen) atoms. The van der Waals surface area contributed by atoms with E-state index < -0.39 is 22.5 Å². The highest BCUT2D eigenvalue weighted by Crippen LogP contribution is 2.42. The number of halogens is 1. The molecular weight excluding hydrogens is 451 g/mol. The second-order valence-electron chi connectivity index (χ2n) is 8.79. The first-order valence-electron chi connectivity index (χ1n) is 11.6. The smallest absolute Gasteiger partial charge is 0.328 e. The maximum atomic E-state index is 13.8. The lowest BCUT2D eigenvalue weighted by atomic mass is 9.97. The fraction of sp³-hybridized carbons (Fsp3) is 0.727. The minimum absolute atomic E-state index is 0.0261. The van der Waals surface area contributed by atoms with E-state index in [2.05, 4.69) is 9.88 Å². The van der Waals surface area contributed by atoms with Gasteiger partial charge in [0.15, 0.2) is 11.2 Å². The van der Waals surface area contributed by atoms with Crippen molar-refractivity contribution in [3.63, 3.8) is 0 Å². The first kappa shape index (κ1) is 24.5. The zero-order valence-corrected chi connectivity index (χ0v) is 20.1. The summed E-state index contributed by atoms with van der Waals surface area (Å²) in [6, 6.07) is 2.87. The Morgan fingerprint density at radius 1 is 1.30 bits per heavy atom. The van der Waals surface area contributed by atoms with Gasteiger partial charge < -0.3 is 14.2 Å². The quantitative estimate of drug-likeness (QED) is 0.490. The Balaban J connectivity index is 1.42. The number of methoxy groups -OCH3 is 1. The fourth-order valence-electron chi connectivity index (χ4n) is 5.05. The molecule has 0 N–H and O–H groups in total. The predicted octanol–water partition coefficient (Wildman–Crippen LogP) is 1.37. The van der Waals surface area contributed by atoms with Gasteiger partial charge in [0.1, 0.15) is 17.5 Å². The lowest BCUT2D eigenvalue weighted by Gasteiger charge is -2.47. The number of rotatable bonds is 9. The first-order valence-corrected chi connectivity index (χ1v) is 12.7. The summed E-state index contributed by atoms with van der Waals surface area (Å²) >= 11 is -1.45. The number of likely N-dealkylation sites (tertiary alicyclic amines) is 1. The zero-order valence-electron chi connectivity index (χ0n) is 19.3. The molecule has 11 heteroatoms. The van der Waals surface area contributed by atoms with Crippen LogP contribution in [0.1, 0.15) is 32.6 Å². The van der Waals surface area contributed by atoms with E-state index in [1.54, 1.807) is 14.0 Å². The number of esters is 1. The molecule has 3 aliphatic rings. The summed E-state index contributed by atoms with van der Waals surface area (Å²) in [7, 11) is 1.67. The summed E-state index contributed by atoms with van der Waals surface area (Å²) in [6.07, 6.45) is 3.87. The van der Waals surface area contributed by atoms with Crippen molar-refractivity contribution in [2.75, 3.05) is 53.0 Å². The SMILES string of the molecule is CCOC(=O)C12CCC(CN(CCOC)C1)N2S(=O)N1CCC(Oc2ccc(F)cn2)CC1. The van der Waals surface area contributed by atoms with Gasteiger partial charge in [-0.3, -0.25) is 4.90 Å². The van der Waals surface area contributed by atoms with Crippen LogP contribution >= 0.6 is 0 Å². The minimum atomic E-state index is -1.45. The predicted molar refractivity (Wildman–Crippen MR) is 120 cm³/mol. The molecule has 3 atom stereocenters. The van der Waals surface area contributed by atoms with E-state index in [0.29, 0.717) is 58.0 Å². The summed E-state index contributed by atoms with van der Waals surface area (Å²) in [5.74, 6) is -0.300. The summed E-state index contributed by atoms with van der Waals surface area (Å²) in [5.41, 5.74) is -0.900. The van der Waals surface area contributed by atoms with Crippen LogP contribution < -0.4 is 4.74 Å². The van der Waals surface area contributed by atoms with Crippen molar-refractivity contribution < 1.29 is 27.6 Å². The molecule has 3 aliphatic heterocycles. The van der Waals surface area contributed by atoms with Crippen LogP contribution in [0.15, 0.2) is 18.3 Å². The number of piperazine rings is 1. The highest BCUT2D eigenvalue weighted by molar-refractivity contribution is 7.80. The molecule has 4 rings (SSSR count). The van der Waals surface area contributed by atoms with Gasteiger partial charge in [0.05, 0.1) is 19.4 Å². The van der Waals surface area contributed by atoms with E-state index in [-0.39, 0.29) is 18.1 Å². The van der Waals surface area contributed by atoms with Crippen LogP contribution in [0.4, 0.5) is 4.39 Å². The van der Waals surface area contributed by atoms with Gasteiger partial charge in [-0.1, -0.05) is 0 Å². The average Bonchev–Trinajstić information content (AvgIpc) is 3.07. The molecule has 2 bridgehead atoms. The second-order valence-corrected chi connectivity index (χ2v) is 10.2. The first-order chi connectivity index (χ1) is 16.0. The number of carbonyl (C=O) groups is 1. The summed E-state index contributed by atoms with van der Waals surface area (Å²) in [4.78, 5) is 19.3. The van der Waals surface area contributed by atoms with Gasteiger partial charge in [-0.2, -0.15) is 4.31 Å². The molecule has 0 aliphatic carbocycles. The van der Waals surface area contributed by atoms with E-state index in [1.807, 2.05) is 8.61 Å². The Bertz CT molecular complexity index is 839. The van der Waals surface area contributed by atoms with E-state index in [9.17, 15) is 13.4 Å². The van der Waals surface area contributed by atoms with Crippen molar-refractivity contribution >= 4 is 17.1 Å². The molecule has 3 saturated heterocycles. The third kappa shape index (κ3) is 5.22. The molecular formula is C22H33FN4O5S. The van der Waals surface area contributed by atoms with Crippen LogP contribution in [0.3, 0.4) is 0 Å². The van der Waals surface area contributed by atoms with Crippen LogP contribution in [-0.2, 0) is 25.4 Å². The number of hydrogen-bond donors (Lipinski definition) is 0. The van der Waals surface area contributed by atoms with Gasteiger partial charge in [0, 0.05) is 51.9 Å². The van der Waals surface area contributed by atoms with Crippen molar-refractivity contribution in [1.82, 2.24) is 18.5 Å². The van der Waals surface area contributed by atoms with Crippen LogP contribution in [0, 0.1) is 5.82 Å². The van der Waals surface area contributed by atoms with Crippen LogP contribution in [0.5, 0.6) is 5.88 Å². The molecule has 3 unspecified atom stereocenters. The average molecular weight is 485 g/mol. The normalized spacial score (nSPS) is 28.0. The van der Waals surface area contributed by atoms with Crippen molar-refractivity contribution in [1.29, 1.82) is 0 Å². The van der Waals surface area contributed by atoms with E-state index in [0.717, 1.165) is 25.7 Å². The number of piperidine rings is 1. The van der Waals surface area contributed by atoms with Gasteiger partial charge in [-0.25, -0.2) is 22.7 Å². The number of pyridine rings is 1. The number of carbonyl (C=O) groups excluding carboxylic acids is 1. The van der Waals surface area contributed by atoms with E-state index in [4.69, 9.17) is 14.2 Å².